The summed E-state index contributed by atoms with van der Waals surface area (Å²) in [6.45, 7) is 8.69. The average Bonchev–Trinajstić information content (AvgIpc) is 2.24. The molecule has 0 fully saturated rings. The lowest BCUT2D eigenvalue weighted by Gasteiger charge is -2.29. The van der Waals surface area contributed by atoms with E-state index in [0.717, 1.165) is 16.9 Å². The summed E-state index contributed by atoms with van der Waals surface area (Å²) in [5.41, 5.74) is 5.87. The van der Waals surface area contributed by atoms with Crippen LogP contribution in [-0.2, 0) is 5.41 Å². The van der Waals surface area contributed by atoms with Crippen LogP contribution in [0.25, 0.3) is 16.5 Å². The fraction of sp³-hybridized carbons (Fsp3) is 0.333. The summed E-state index contributed by atoms with van der Waals surface area (Å²) in [4.78, 5) is 9.12. The van der Waals surface area contributed by atoms with Crippen molar-refractivity contribution >= 4 is 16.5 Å². The monoisotopic (exact) mass is 224 g/mol. The van der Waals surface area contributed by atoms with Gasteiger partial charge in [-0.1, -0.05) is 19.9 Å². The predicted molar refractivity (Wildman–Crippen MR) is 71.0 cm³/mol. The van der Waals surface area contributed by atoms with Crippen LogP contribution in [0.4, 0.5) is 0 Å². The zero-order chi connectivity index (χ0) is 12.2. The largest absolute Gasteiger partial charge is 0.256 e. The van der Waals surface area contributed by atoms with E-state index in [1.807, 2.05) is 12.3 Å². The van der Waals surface area contributed by atoms with E-state index in [4.69, 9.17) is 0 Å². The average molecular weight is 224 g/mol. The van der Waals surface area contributed by atoms with Crippen molar-refractivity contribution in [2.45, 2.75) is 33.1 Å². The molecule has 0 radical (unpaired) electrons. The van der Waals surface area contributed by atoms with Gasteiger partial charge >= 0.3 is 0 Å². The molecule has 0 unspecified atom stereocenters. The van der Waals surface area contributed by atoms with Gasteiger partial charge in [-0.2, -0.15) is 0 Å². The zero-order valence-electron chi connectivity index (χ0n) is 10.7. The van der Waals surface area contributed by atoms with Gasteiger partial charge in [0.2, 0.25) is 0 Å². The van der Waals surface area contributed by atoms with Gasteiger partial charge in [-0.3, -0.25) is 9.97 Å². The Morgan fingerprint density at radius 2 is 1.94 bits per heavy atom. The number of hydrogen-bond donors (Lipinski definition) is 0. The third kappa shape index (κ3) is 1.40. The Kier molecular flexibility index (Phi) is 1.94. The van der Waals surface area contributed by atoms with Crippen LogP contribution in [-0.4, -0.2) is 9.97 Å². The summed E-state index contributed by atoms with van der Waals surface area (Å²) < 4.78 is 0. The number of nitrogens with zero attached hydrogens (tertiary/aromatic N) is 2. The van der Waals surface area contributed by atoms with Crippen molar-refractivity contribution < 1.29 is 0 Å². The third-order valence-electron chi connectivity index (χ3n) is 3.49. The van der Waals surface area contributed by atoms with Crippen LogP contribution in [0.2, 0.25) is 0 Å². The number of rotatable bonds is 0. The van der Waals surface area contributed by atoms with E-state index < -0.39 is 0 Å². The molecule has 86 valence electrons. The molecular formula is C15H16N2. The Bertz CT molecular complexity index is 651. The Morgan fingerprint density at radius 3 is 2.71 bits per heavy atom. The minimum absolute atomic E-state index is 0.0616. The van der Waals surface area contributed by atoms with Crippen molar-refractivity contribution in [2.75, 3.05) is 0 Å². The van der Waals surface area contributed by atoms with Gasteiger partial charge in [-0.05, 0) is 37.1 Å². The third-order valence-corrected chi connectivity index (χ3v) is 3.49. The Morgan fingerprint density at radius 1 is 1.18 bits per heavy atom. The minimum atomic E-state index is 0.0616. The predicted octanol–water partition coefficient (Wildman–Crippen LogP) is 3.63. The van der Waals surface area contributed by atoms with Crippen molar-refractivity contribution in [3.05, 3.63) is 41.4 Å². The lowest BCUT2D eigenvalue weighted by atomic mass is 9.76. The van der Waals surface area contributed by atoms with E-state index >= 15 is 0 Å². The second kappa shape index (κ2) is 3.16. The van der Waals surface area contributed by atoms with Crippen LogP contribution in [0, 0.1) is 6.92 Å². The van der Waals surface area contributed by atoms with Crippen LogP contribution >= 0.6 is 0 Å². The highest BCUT2D eigenvalue weighted by Gasteiger charge is 2.27. The van der Waals surface area contributed by atoms with E-state index in [2.05, 4.69) is 49.8 Å². The summed E-state index contributed by atoms with van der Waals surface area (Å²) in [5.74, 6) is 0. The van der Waals surface area contributed by atoms with Crippen molar-refractivity contribution in [1.29, 1.82) is 0 Å². The Labute approximate surface area is 101 Å². The van der Waals surface area contributed by atoms with E-state index in [1.54, 1.807) is 0 Å². The molecule has 1 aliphatic rings. The van der Waals surface area contributed by atoms with Crippen molar-refractivity contribution in [3.63, 3.8) is 0 Å². The van der Waals surface area contributed by atoms with Crippen LogP contribution < -0.4 is 0 Å². The van der Waals surface area contributed by atoms with E-state index in [1.165, 1.54) is 16.5 Å². The van der Waals surface area contributed by atoms with Gasteiger partial charge in [0.1, 0.15) is 0 Å². The number of aromatic nitrogens is 2. The first-order valence-corrected chi connectivity index (χ1v) is 5.96. The van der Waals surface area contributed by atoms with E-state index in [9.17, 15) is 0 Å². The highest BCUT2D eigenvalue weighted by Crippen LogP contribution is 2.40. The maximum absolute atomic E-state index is 4.61. The first-order valence-electron chi connectivity index (χ1n) is 5.96. The normalized spacial score (nSPS) is 17.1. The molecule has 0 atom stereocenters. The number of pyridine rings is 2. The molecule has 0 saturated carbocycles. The first-order chi connectivity index (χ1) is 7.99. The molecule has 1 aliphatic carbocycles. The molecule has 0 saturated heterocycles. The van der Waals surface area contributed by atoms with E-state index in [-0.39, 0.29) is 5.41 Å². The van der Waals surface area contributed by atoms with Crippen LogP contribution in [0.1, 0.15) is 37.7 Å². The summed E-state index contributed by atoms with van der Waals surface area (Å²) in [6, 6.07) is 4.19. The second-order valence-corrected chi connectivity index (χ2v) is 5.41. The highest BCUT2D eigenvalue weighted by atomic mass is 14.7. The lowest BCUT2D eigenvalue weighted by Crippen LogP contribution is -2.19. The first kappa shape index (κ1) is 10.5. The van der Waals surface area contributed by atoms with Crippen LogP contribution in [0.3, 0.4) is 0 Å². The minimum Gasteiger partial charge on any atom is -0.256 e. The summed E-state index contributed by atoms with van der Waals surface area (Å²) in [7, 11) is 0. The SMILES string of the molecule is CC1=CC(C)(C)c2cc(C)nc3ccnc1c23. The molecule has 17 heavy (non-hydrogen) atoms. The Hall–Kier alpha value is -1.70. The molecule has 2 aromatic rings. The number of hydrogen-bond acceptors (Lipinski definition) is 2. The lowest BCUT2D eigenvalue weighted by molar-refractivity contribution is 0.671. The highest BCUT2D eigenvalue weighted by molar-refractivity contribution is 5.95. The van der Waals surface area contributed by atoms with Crippen LogP contribution in [0.5, 0.6) is 0 Å². The maximum Gasteiger partial charge on any atom is 0.0753 e. The molecule has 2 heterocycles. The van der Waals surface area contributed by atoms with Gasteiger partial charge in [0.05, 0.1) is 11.2 Å². The zero-order valence-corrected chi connectivity index (χ0v) is 10.7. The quantitative estimate of drug-likeness (QED) is 0.683. The summed E-state index contributed by atoms with van der Waals surface area (Å²) in [5, 5.41) is 1.23. The standard InChI is InChI=1S/C15H16N2/c1-9-8-15(3,4)11-7-10(2)17-12-5-6-16-14(9)13(11)12/h5-8H,1-4H3. The van der Waals surface area contributed by atoms with Gasteiger partial charge in [0.25, 0.3) is 0 Å². The van der Waals surface area contributed by atoms with Gasteiger partial charge in [-0.15, -0.1) is 0 Å². The second-order valence-electron chi connectivity index (χ2n) is 5.41. The Balaban J connectivity index is 2.54. The molecule has 0 amide bonds. The topological polar surface area (TPSA) is 25.8 Å². The van der Waals surface area contributed by atoms with Gasteiger partial charge in [0, 0.05) is 22.7 Å². The number of aryl methyl sites for hydroxylation is 1. The molecule has 2 nitrogen and oxygen atoms in total. The van der Waals surface area contributed by atoms with Gasteiger partial charge in [0.15, 0.2) is 0 Å². The fourth-order valence-corrected chi connectivity index (χ4v) is 2.81. The molecule has 2 aromatic heterocycles. The van der Waals surface area contributed by atoms with Crippen molar-refractivity contribution in [1.82, 2.24) is 9.97 Å². The molecule has 0 aromatic carbocycles. The van der Waals surface area contributed by atoms with E-state index in [0.29, 0.717) is 0 Å². The molecule has 0 N–H and O–H groups in total. The van der Waals surface area contributed by atoms with Gasteiger partial charge < -0.3 is 0 Å². The molecule has 0 bridgehead atoms. The van der Waals surface area contributed by atoms with Gasteiger partial charge in [-0.25, -0.2) is 0 Å². The van der Waals surface area contributed by atoms with Crippen LogP contribution in [0.15, 0.2) is 24.4 Å². The smallest absolute Gasteiger partial charge is 0.0753 e. The fourth-order valence-electron chi connectivity index (χ4n) is 2.81. The molecule has 3 rings (SSSR count). The number of allylic oxidation sites excluding steroid dienone is 2. The molecule has 0 aliphatic heterocycles. The molecular weight excluding hydrogens is 208 g/mol. The van der Waals surface area contributed by atoms with Crippen molar-refractivity contribution in [3.8, 4) is 0 Å². The molecule has 2 heteroatoms. The maximum atomic E-state index is 4.61. The summed E-state index contributed by atoms with van der Waals surface area (Å²) >= 11 is 0. The van der Waals surface area contributed by atoms with Crippen molar-refractivity contribution in [2.24, 2.45) is 0 Å². The summed E-state index contributed by atoms with van der Waals surface area (Å²) in [6.07, 6.45) is 4.15. The molecule has 0 spiro atoms.